The first-order valence-corrected chi connectivity index (χ1v) is 9.93. The normalized spacial score (nSPS) is 23.9. The second-order valence-electron chi connectivity index (χ2n) is 8.03. The summed E-state index contributed by atoms with van der Waals surface area (Å²) in [6, 6.07) is 14.4. The van der Waals surface area contributed by atoms with Gasteiger partial charge in [0.15, 0.2) is 13.2 Å². The van der Waals surface area contributed by atoms with Gasteiger partial charge in [0.2, 0.25) is 0 Å². The Morgan fingerprint density at radius 2 is 1.24 bits per heavy atom. The molecule has 6 nitrogen and oxygen atoms in total. The maximum absolute atomic E-state index is 12.2. The van der Waals surface area contributed by atoms with Crippen LogP contribution in [0.3, 0.4) is 0 Å². The molecule has 2 amide bonds. The fourth-order valence-electron chi connectivity index (χ4n) is 4.18. The molecule has 0 aliphatic heterocycles. The van der Waals surface area contributed by atoms with Gasteiger partial charge in [-0.3, -0.25) is 9.59 Å². The smallest absolute Gasteiger partial charge is 0.258 e. The average molecular weight is 415 g/mol. The molecule has 7 heteroatoms. The van der Waals surface area contributed by atoms with Crippen LogP contribution in [0, 0.1) is 6.92 Å². The number of carbonyl (C=O) groups is 2. The van der Waals surface area contributed by atoms with Crippen LogP contribution in [-0.4, -0.2) is 36.1 Å². The fraction of sp³-hybridized carbons (Fsp3) is 0.364. The Morgan fingerprint density at radius 3 is 1.69 bits per heavy atom. The van der Waals surface area contributed by atoms with Crippen molar-refractivity contribution in [2.45, 2.75) is 37.3 Å². The maximum atomic E-state index is 12.2. The number of halogens is 1. The number of benzene rings is 2. The molecule has 2 aromatic rings. The topological polar surface area (TPSA) is 76.7 Å². The Morgan fingerprint density at radius 1 is 0.828 bits per heavy atom. The minimum absolute atomic E-state index is 0.0148. The number of carbonyl (C=O) groups excluding carboxylic acids is 2. The van der Waals surface area contributed by atoms with Gasteiger partial charge in [0.25, 0.3) is 11.8 Å². The highest BCUT2D eigenvalue weighted by Gasteiger charge is 2.69. The van der Waals surface area contributed by atoms with Gasteiger partial charge < -0.3 is 20.1 Å². The molecular formula is C22H23ClN2O4. The lowest BCUT2D eigenvalue weighted by molar-refractivity contribution is -0.151. The number of amides is 2. The molecule has 0 radical (unpaired) electrons. The van der Waals surface area contributed by atoms with E-state index in [0.29, 0.717) is 16.5 Å². The van der Waals surface area contributed by atoms with Crippen molar-refractivity contribution in [3.05, 3.63) is 59.1 Å². The summed E-state index contributed by atoms with van der Waals surface area (Å²) < 4.78 is 11.0. The van der Waals surface area contributed by atoms with Crippen LogP contribution in [0.2, 0.25) is 5.02 Å². The molecule has 0 aromatic heterocycles. The fourth-order valence-corrected chi connectivity index (χ4v) is 4.31. The zero-order valence-corrected chi connectivity index (χ0v) is 16.9. The van der Waals surface area contributed by atoms with E-state index >= 15 is 0 Å². The van der Waals surface area contributed by atoms with Crippen molar-refractivity contribution in [1.82, 2.24) is 10.6 Å². The van der Waals surface area contributed by atoms with E-state index in [1.165, 1.54) is 0 Å². The molecule has 0 unspecified atom stereocenters. The predicted molar refractivity (Wildman–Crippen MR) is 109 cm³/mol. The summed E-state index contributed by atoms with van der Waals surface area (Å²) >= 11 is 5.83. The highest BCUT2D eigenvalue weighted by Crippen LogP contribution is 2.60. The first kappa shape index (κ1) is 19.6. The van der Waals surface area contributed by atoms with E-state index in [0.717, 1.165) is 24.8 Å². The van der Waals surface area contributed by atoms with Crippen LogP contribution < -0.4 is 20.1 Å². The summed E-state index contributed by atoms with van der Waals surface area (Å²) in [5.41, 5.74) is 0.713. The van der Waals surface area contributed by atoms with E-state index in [9.17, 15) is 9.59 Å². The zero-order chi connectivity index (χ0) is 20.5. The number of rotatable bonds is 8. The van der Waals surface area contributed by atoms with Crippen LogP contribution in [-0.2, 0) is 9.59 Å². The quantitative estimate of drug-likeness (QED) is 0.696. The maximum Gasteiger partial charge on any atom is 0.258 e. The lowest BCUT2D eigenvalue weighted by atomic mass is 9.44. The van der Waals surface area contributed by atoms with Gasteiger partial charge in [-0.25, -0.2) is 0 Å². The second-order valence-corrected chi connectivity index (χ2v) is 8.47. The van der Waals surface area contributed by atoms with Crippen molar-refractivity contribution >= 4 is 23.4 Å². The molecule has 29 heavy (non-hydrogen) atoms. The van der Waals surface area contributed by atoms with Crippen LogP contribution in [0.5, 0.6) is 11.5 Å². The van der Waals surface area contributed by atoms with E-state index in [1.54, 1.807) is 24.3 Å². The largest absolute Gasteiger partial charge is 0.484 e. The molecule has 3 aliphatic carbocycles. The summed E-state index contributed by atoms with van der Waals surface area (Å²) in [7, 11) is 0. The summed E-state index contributed by atoms with van der Waals surface area (Å²) in [6.45, 7) is 1.93. The van der Waals surface area contributed by atoms with E-state index in [1.807, 2.05) is 31.2 Å². The van der Waals surface area contributed by atoms with Crippen molar-refractivity contribution in [3.8, 4) is 11.5 Å². The highest BCUT2D eigenvalue weighted by molar-refractivity contribution is 6.30. The first-order chi connectivity index (χ1) is 13.9. The molecule has 3 aliphatic rings. The van der Waals surface area contributed by atoms with Crippen molar-refractivity contribution in [2.75, 3.05) is 13.2 Å². The van der Waals surface area contributed by atoms with E-state index in [-0.39, 0.29) is 36.1 Å². The molecule has 2 N–H and O–H groups in total. The molecule has 0 heterocycles. The van der Waals surface area contributed by atoms with Gasteiger partial charge in [-0.15, -0.1) is 0 Å². The molecule has 2 aromatic carbocycles. The van der Waals surface area contributed by atoms with E-state index < -0.39 is 0 Å². The van der Waals surface area contributed by atoms with Crippen molar-refractivity contribution < 1.29 is 19.1 Å². The van der Waals surface area contributed by atoms with Gasteiger partial charge in [-0.05, 0) is 62.6 Å². The highest BCUT2D eigenvalue weighted by atomic mass is 35.5. The number of hydrogen-bond acceptors (Lipinski definition) is 4. The van der Waals surface area contributed by atoms with Crippen LogP contribution >= 0.6 is 11.6 Å². The average Bonchev–Trinajstić information content (AvgIpc) is 2.64. The molecule has 0 atom stereocenters. The number of aryl methyl sites for hydroxylation is 1. The molecule has 2 bridgehead atoms. The predicted octanol–water partition coefficient (Wildman–Crippen LogP) is 3.01. The Kier molecular flexibility index (Phi) is 5.13. The van der Waals surface area contributed by atoms with Crippen LogP contribution in [0.1, 0.15) is 24.8 Å². The number of hydrogen-bond donors (Lipinski definition) is 2. The van der Waals surface area contributed by atoms with Crippen LogP contribution in [0.15, 0.2) is 48.5 Å². The Labute approximate surface area is 174 Å². The lowest BCUT2D eigenvalue weighted by Gasteiger charge is -2.70. The van der Waals surface area contributed by atoms with Gasteiger partial charge in [0, 0.05) is 16.1 Å². The lowest BCUT2D eigenvalue weighted by Crippen LogP contribution is -2.84. The zero-order valence-electron chi connectivity index (χ0n) is 16.2. The molecule has 3 fully saturated rings. The molecule has 0 spiro atoms. The monoisotopic (exact) mass is 414 g/mol. The van der Waals surface area contributed by atoms with E-state index in [2.05, 4.69) is 10.6 Å². The van der Waals surface area contributed by atoms with Gasteiger partial charge in [0.1, 0.15) is 11.5 Å². The van der Waals surface area contributed by atoms with E-state index in [4.69, 9.17) is 21.1 Å². The minimum Gasteiger partial charge on any atom is -0.484 e. The van der Waals surface area contributed by atoms with Crippen molar-refractivity contribution in [1.29, 1.82) is 0 Å². The van der Waals surface area contributed by atoms with Gasteiger partial charge in [0.05, 0.1) is 0 Å². The van der Waals surface area contributed by atoms with Crippen LogP contribution in [0.4, 0.5) is 0 Å². The molecule has 3 saturated carbocycles. The Hall–Kier alpha value is -2.73. The third-order valence-corrected chi connectivity index (χ3v) is 5.67. The molecule has 0 saturated heterocycles. The minimum atomic E-state index is -0.217. The first-order valence-electron chi connectivity index (χ1n) is 9.55. The van der Waals surface area contributed by atoms with Gasteiger partial charge in [-0.2, -0.15) is 0 Å². The Balaban J connectivity index is 1.16. The summed E-state index contributed by atoms with van der Waals surface area (Å²) in [5.74, 6) is 0.964. The summed E-state index contributed by atoms with van der Waals surface area (Å²) in [4.78, 5) is 24.3. The number of ether oxygens (including phenoxy) is 2. The van der Waals surface area contributed by atoms with Crippen LogP contribution in [0.25, 0.3) is 0 Å². The third kappa shape index (κ3) is 4.48. The third-order valence-electron chi connectivity index (χ3n) is 5.41. The van der Waals surface area contributed by atoms with Gasteiger partial charge in [-0.1, -0.05) is 29.3 Å². The molecule has 5 rings (SSSR count). The molecule has 152 valence electrons. The van der Waals surface area contributed by atoms with Crippen molar-refractivity contribution in [3.63, 3.8) is 0 Å². The number of nitrogens with one attached hydrogen (secondary N) is 2. The van der Waals surface area contributed by atoms with Crippen molar-refractivity contribution in [2.24, 2.45) is 0 Å². The SMILES string of the molecule is Cc1ccc(OCC(=O)NC23CC(NC(=O)COc4ccc(Cl)cc4)(C2)C3)cc1. The summed E-state index contributed by atoms with van der Waals surface area (Å²) in [5, 5.41) is 6.69. The summed E-state index contributed by atoms with van der Waals surface area (Å²) in [6.07, 6.45) is 2.22. The second kappa shape index (κ2) is 7.59. The van der Waals surface area contributed by atoms with Gasteiger partial charge >= 0.3 is 0 Å². The molecular weight excluding hydrogens is 392 g/mol. The Bertz CT molecular complexity index is 818. The standard InChI is InChI=1S/C22H23ClN2O4/c1-15-2-6-17(7-3-15)28-10-19(26)24-21-12-22(13-21,14-21)25-20(27)11-29-18-8-4-16(23)5-9-18/h2-9H,10-14H2,1H3,(H,24,26)(H,25,27).